The van der Waals surface area contributed by atoms with Gasteiger partial charge in [0.1, 0.15) is 0 Å². The summed E-state index contributed by atoms with van der Waals surface area (Å²) >= 11 is 0. The second kappa shape index (κ2) is 3.95. The first-order valence-corrected chi connectivity index (χ1v) is 4.63. The standard InChI is InChI=1S/C9H17NO.ClH/c1-8-6-9(7-11-8)2-4-10-5-3-9;/h8,10H,2-7H2,1H3;1H. The Morgan fingerprint density at radius 2 is 2.00 bits per heavy atom. The SMILES string of the molecule is CC1CC2(CCNCC2)CO1.Cl. The third-order valence-corrected chi connectivity index (χ3v) is 3.06. The van der Waals surface area contributed by atoms with E-state index in [0.29, 0.717) is 11.5 Å². The van der Waals surface area contributed by atoms with Crippen molar-refractivity contribution in [3.63, 3.8) is 0 Å². The number of rotatable bonds is 0. The Hall–Kier alpha value is 0.210. The maximum absolute atomic E-state index is 5.62. The summed E-state index contributed by atoms with van der Waals surface area (Å²) < 4.78 is 5.62. The molecule has 1 spiro atoms. The summed E-state index contributed by atoms with van der Waals surface area (Å²) in [6.45, 7) is 5.58. The molecule has 2 rings (SSSR count). The Labute approximate surface area is 80.5 Å². The van der Waals surface area contributed by atoms with Gasteiger partial charge in [-0.25, -0.2) is 0 Å². The molecule has 0 radical (unpaired) electrons. The maximum Gasteiger partial charge on any atom is 0.0553 e. The van der Waals surface area contributed by atoms with Crippen LogP contribution in [0.5, 0.6) is 0 Å². The van der Waals surface area contributed by atoms with Gasteiger partial charge in [-0.3, -0.25) is 0 Å². The van der Waals surface area contributed by atoms with E-state index in [9.17, 15) is 0 Å². The highest BCUT2D eigenvalue weighted by Gasteiger charge is 2.38. The van der Waals surface area contributed by atoms with Gasteiger partial charge in [-0.05, 0) is 44.7 Å². The van der Waals surface area contributed by atoms with Gasteiger partial charge in [0.25, 0.3) is 0 Å². The molecule has 0 saturated carbocycles. The predicted octanol–water partition coefficient (Wildman–Crippen LogP) is 1.59. The summed E-state index contributed by atoms with van der Waals surface area (Å²) in [7, 11) is 0. The monoisotopic (exact) mass is 191 g/mol. The topological polar surface area (TPSA) is 21.3 Å². The number of halogens is 1. The molecule has 2 aliphatic heterocycles. The van der Waals surface area contributed by atoms with E-state index < -0.39 is 0 Å². The average Bonchev–Trinajstić information content (AvgIpc) is 2.34. The Bertz CT molecular complexity index is 140. The van der Waals surface area contributed by atoms with Crippen molar-refractivity contribution in [3.8, 4) is 0 Å². The highest BCUT2D eigenvalue weighted by molar-refractivity contribution is 5.85. The van der Waals surface area contributed by atoms with Gasteiger partial charge in [0, 0.05) is 0 Å². The van der Waals surface area contributed by atoms with Gasteiger partial charge in [0.15, 0.2) is 0 Å². The molecule has 2 aliphatic rings. The van der Waals surface area contributed by atoms with Gasteiger partial charge < -0.3 is 10.1 Å². The van der Waals surface area contributed by atoms with Crippen molar-refractivity contribution in [2.24, 2.45) is 5.41 Å². The Morgan fingerprint density at radius 3 is 2.50 bits per heavy atom. The number of hydrogen-bond donors (Lipinski definition) is 1. The first-order chi connectivity index (χ1) is 5.31. The summed E-state index contributed by atoms with van der Waals surface area (Å²) in [5.74, 6) is 0. The van der Waals surface area contributed by atoms with Crippen LogP contribution in [0.1, 0.15) is 26.2 Å². The third-order valence-electron chi connectivity index (χ3n) is 3.06. The zero-order chi connectivity index (χ0) is 7.73. The molecule has 1 unspecified atom stereocenters. The second-order valence-corrected chi connectivity index (χ2v) is 4.08. The highest BCUT2D eigenvalue weighted by atomic mass is 35.5. The van der Waals surface area contributed by atoms with E-state index in [-0.39, 0.29) is 12.4 Å². The molecule has 0 aromatic heterocycles. The molecule has 0 aliphatic carbocycles. The van der Waals surface area contributed by atoms with Gasteiger partial charge in [-0.2, -0.15) is 0 Å². The van der Waals surface area contributed by atoms with E-state index in [0.717, 1.165) is 6.61 Å². The zero-order valence-corrected chi connectivity index (χ0v) is 8.45. The second-order valence-electron chi connectivity index (χ2n) is 4.08. The molecule has 2 nitrogen and oxygen atoms in total. The van der Waals surface area contributed by atoms with E-state index in [1.54, 1.807) is 0 Å². The smallest absolute Gasteiger partial charge is 0.0553 e. The number of piperidine rings is 1. The normalized spacial score (nSPS) is 33.2. The number of nitrogens with one attached hydrogen (secondary N) is 1. The molecule has 1 N–H and O–H groups in total. The van der Waals surface area contributed by atoms with Crippen molar-refractivity contribution in [1.29, 1.82) is 0 Å². The maximum atomic E-state index is 5.62. The lowest BCUT2D eigenvalue weighted by molar-refractivity contribution is 0.0952. The molecule has 0 bridgehead atoms. The average molecular weight is 192 g/mol. The third kappa shape index (κ3) is 1.93. The summed E-state index contributed by atoms with van der Waals surface area (Å²) in [5.41, 5.74) is 0.560. The molecule has 3 heteroatoms. The van der Waals surface area contributed by atoms with Crippen LogP contribution in [-0.2, 0) is 4.74 Å². The molecule has 0 aromatic rings. The zero-order valence-electron chi connectivity index (χ0n) is 7.64. The van der Waals surface area contributed by atoms with Crippen LogP contribution in [0.3, 0.4) is 0 Å². The fraction of sp³-hybridized carbons (Fsp3) is 1.00. The van der Waals surface area contributed by atoms with Crippen LogP contribution in [0.4, 0.5) is 0 Å². The fourth-order valence-electron chi connectivity index (χ4n) is 2.35. The van der Waals surface area contributed by atoms with Crippen LogP contribution in [0.25, 0.3) is 0 Å². The van der Waals surface area contributed by atoms with E-state index in [1.807, 2.05) is 0 Å². The minimum atomic E-state index is 0. The van der Waals surface area contributed by atoms with E-state index in [1.165, 1.54) is 32.4 Å². The molecule has 72 valence electrons. The summed E-state index contributed by atoms with van der Waals surface area (Å²) in [6.07, 6.45) is 4.43. The molecular formula is C9H18ClNO. The highest BCUT2D eigenvalue weighted by Crippen LogP contribution is 2.39. The van der Waals surface area contributed by atoms with Crippen LogP contribution in [-0.4, -0.2) is 25.8 Å². The van der Waals surface area contributed by atoms with Crippen molar-refractivity contribution in [2.75, 3.05) is 19.7 Å². The minimum Gasteiger partial charge on any atom is -0.378 e. The summed E-state index contributed by atoms with van der Waals surface area (Å²) in [6, 6.07) is 0. The van der Waals surface area contributed by atoms with Crippen LogP contribution in [0.2, 0.25) is 0 Å². The molecule has 1 atom stereocenters. The number of hydrogen-bond acceptors (Lipinski definition) is 2. The van der Waals surface area contributed by atoms with Crippen molar-refractivity contribution < 1.29 is 4.74 Å². The molecule has 2 saturated heterocycles. The lowest BCUT2D eigenvalue weighted by Gasteiger charge is -2.32. The fourth-order valence-corrected chi connectivity index (χ4v) is 2.35. The Balaban J connectivity index is 0.000000720. The van der Waals surface area contributed by atoms with Crippen molar-refractivity contribution in [1.82, 2.24) is 5.32 Å². The van der Waals surface area contributed by atoms with Gasteiger partial charge in [-0.1, -0.05) is 0 Å². The molecule has 0 amide bonds. The largest absolute Gasteiger partial charge is 0.378 e. The lowest BCUT2D eigenvalue weighted by Crippen LogP contribution is -2.37. The van der Waals surface area contributed by atoms with Crippen LogP contribution >= 0.6 is 12.4 Å². The van der Waals surface area contributed by atoms with E-state index in [4.69, 9.17) is 4.74 Å². The molecule has 2 heterocycles. The number of ether oxygens (including phenoxy) is 1. The van der Waals surface area contributed by atoms with Crippen molar-refractivity contribution in [3.05, 3.63) is 0 Å². The van der Waals surface area contributed by atoms with Gasteiger partial charge in [0.05, 0.1) is 12.7 Å². The Kier molecular flexibility index (Phi) is 3.38. The summed E-state index contributed by atoms with van der Waals surface area (Å²) in [5, 5.41) is 3.40. The first-order valence-electron chi connectivity index (χ1n) is 4.63. The van der Waals surface area contributed by atoms with E-state index in [2.05, 4.69) is 12.2 Å². The minimum absolute atomic E-state index is 0. The van der Waals surface area contributed by atoms with Crippen LogP contribution in [0, 0.1) is 5.41 Å². The van der Waals surface area contributed by atoms with Crippen LogP contribution < -0.4 is 5.32 Å². The first kappa shape index (κ1) is 10.3. The van der Waals surface area contributed by atoms with Crippen LogP contribution in [0.15, 0.2) is 0 Å². The van der Waals surface area contributed by atoms with Gasteiger partial charge in [0.2, 0.25) is 0 Å². The quantitative estimate of drug-likeness (QED) is 0.628. The predicted molar refractivity (Wildman–Crippen MR) is 51.8 cm³/mol. The van der Waals surface area contributed by atoms with Crippen molar-refractivity contribution in [2.45, 2.75) is 32.3 Å². The van der Waals surface area contributed by atoms with Crippen molar-refractivity contribution >= 4 is 12.4 Å². The van der Waals surface area contributed by atoms with Gasteiger partial charge in [-0.15, -0.1) is 12.4 Å². The molecule has 2 fully saturated rings. The molecule has 12 heavy (non-hydrogen) atoms. The van der Waals surface area contributed by atoms with E-state index >= 15 is 0 Å². The summed E-state index contributed by atoms with van der Waals surface area (Å²) in [4.78, 5) is 0. The van der Waals surface area contributed by atoms with Gasteiger partial charge >= 0.3 is 0 Å². The Morgan fingerprint density at radius 1 is 1.33 bits per heavy atom. The lowest BCUT2D eigenvalue weighted by atomic mass is 9.77. The molecular weight excluding hydrogens is 174 g/mol. The molecule has 0 aromatic carbocycles.